The van der Waals surface area contributed by atoms with Crippen LogP contribution in [-0.4, -0.2) is 29.0 Å². The molecule has 0 spiro atoms. The highest BCUT2D eigenvalue weighted by Crippen LogP contribution is 2.44. The Bertz CT molecular complexity index is 1120. The largest absolute Gasteiger partial charge is 0.497 e. The summed E-state index contributed by atoms with van der Waals surface area (Å²) in [6.07, 6.45) is -3.64. The van der Waals surface area contributed by atoms with E-state index in [2.05, 4.69) is 15.7 Å². The van der Waals surface area contributed by atoms with Crippen LogP contribution in [0.3, 0.4) is 0 Å². The quantitative estimate of drug-likeness (QED) is 0.549. The first-order valence-electron chi connectivity index (χ1n) is 9.83. The second-order valence-electron chi connectivity index (χ2n) is 7.43. The predicted molar refractivity (Wildman–Crippen MR) is 114 cm³/mol. The van der Waals surface area contributed by atoms with Crippen LogP contribution in [0.5, 0.6) is 5.75 Å². The number of alkyl halides is 3. The van der Waals surface area contributed by atoms with Crippen LogP contribution in [0.25, 0.3) is 0 Å². The lowest BCUT2D eigenvalue weighted by atomic mass is 9.96. The summed E-state index contributed by atoms with van der Waals surface area (Å²) in [7, 11) is 1.49. The van der Waals surface area contributed by atoms with E-state index in [0.29, 0.717) is 16.3 Å². The zero-order chi connectivity index (χ0) is 22.9. The molecule has 10 heteroatoms. The minimum absolute atomic E-state index is 0.0278. The first kappa shape index (κ1) is 22.0. The number of fused-ring (bicyclic) bond motifs is 1. The molecule has 6 nitrogen and oxygen atoms in total. The minimum atomic E-state index is -4.53. The molecule has 1 amide bonds. The zero-order valence-electron chi connectivity index (χ0n) is 17.0. The summed E-state index contributed by atoms with van der Waals surface area (Å²) < 4.78 is 47.6. The smallest absolute Gasteiger partial charge is 0.410 e. The molecule has 0 saturated carbocycles. The van der Waals surface area contributed by atoms with Crippen molar-refractivity contribution in [3.8, 4) is 5.75 Å². The highest BCUT2D eigenvalue weighted by atomic mass is 35.5. The van der Waals surface area contributed by atoms with Gasteiger partial charge in [0, 0.05) is 18.0 Å². The van der Waals surface area contributed by atoms with Crippen molar-refractivity contribution in [2.24, 2.45) is 0 Å². The van der Waals surface area contributed by atoms with Gasteiger partial charge in [-0.05, 0) is 35.4 Å². The van der Waals surface area contributed by atoms with Gasteiger partial charge < -0.3 is 15.4 Å². The van der Waals surface area contributed by atoms with Crippen molar-refractivity contribution in [2.45, 2.75) is 31.2 Å². The summed E-state index contributed by atoms with van der Waals surface area (Å²) in [5.41, 5.74) is 1.47. The monoisotopic (exact) mass is 464 g/mol. The number of hydrogen-bond acceptors (Lipinski definition) is 4. The molecule has 2 heterocycles. The van der Waals surface area contributed by atoms with Gasteiger partial charge in [0.15, 0.2) is 6.04 Å². The topological polar surface area (TPSA) is 68.2 Å². The number of carbonyl (C=O) groups is 1. The normalized spacial score (nSPS) is 17.9. The summed E-state index contributed by atoms with van der Waals surface area (Å²) in [5, 5.41) is 10.2. The van der Waals surface area contributed by atoms with Gasteiger partial charge in [0.05, 0.1) is 19.3 Å². The molecule has 32 heavy (non-hydrogen) atoms. The van der Waals surface area contributed by atoms with Crippen molar-refractivity contribution in [3.63, 3.8) is 0 Å². The van der Waals surface area contributed by atoms with Gasteiger partial charge in [-0.1, -0.05) is 35.9 Å². The average molecular weight is 465 g/mol. The van der Waals surface area contributed by atoms with Gasteiger partial charge in [-0.25, -0.2) is 4.68 Å². The number of methoxy groups -OCH3 is 1. The molecule has 1 aliphatic rings. The predicted octanol–water partition coefficient (Wildman–Crippen LogP) is 5.14. The number of amides is 1. The maximum absolute atomic E-state index is 13.8. The van der Waals surface area contributed by atoms with Crippen LogP contribution in [0.1, 0.15) is 40.0 Å². The van der Waals surface area contributed by atoms with E-state index in [1.807, 2.05) is 0 Å². The van der Waals surface area contributed by atoms with Gasteiger partial charge in [0.1, 0.15) is 17.1 Å². The summed E-state index contributed by atoms with van der Waals surface area (Å²) in [6.45, 7) is 0.197. The molecular formula is C22H20ClF3N4O2. The number of aromatic nitrogens is 2. The minimum Gasteiger partial charge on any atom is -0.497 e. The molecule has 2 atom stereocenters. The zero-order valence-corrected chi connectivity index (χ0v) is 17.7. The first-order valence-corrected chi connectivity index (χ1v) is 10.2. The summed E-state index contributed by atoms with van der Waals surface area (Å²) in [5.74, 6) is 0.0359. The Balaban J connectivity index is 1.61. The van der Waals surface area contributed by atoms with Gasteiger partial charge in [-0.2, -0.15) is 18.3 Å². The van der Waals surface area contributed by atoms with Crippen LogP contribution in [-0.2, 0) is 6.54 Å². The Kier molecular flexibility index (Phi) is 6.01. The molecule has 1 aromatic heterocycles. The van der Waals surface area contributed by atoms with Gasteiger partial charge >= 0.3 is 6.18 Å². The van der Waals surface area contributed by atoms with Crippen molar-refractivity contribution < 1.29 is 22.7 Å². The third kappa shape index (κ3) is 4.52. The highest BCUT2D eigenvalue weighted by Gasteiger charge is 2.47. The van der Waals surface area contributed by atoms with Crippen LogP contribution in [0.2, 0.25) is 5.02 Å². The fraction of sp³-hybridized carbons (Fsp3) is 0.273. The number of ether oxygens (including phenoxy) is 1. The fourth-order valence-corrected chi connectivity index (χ4v) is 3.81. The van der Waals surface area contributed by atoms with E-state index < -0.39 is 24.2 Å². The molecule has 0 saturated heterocycles. The van der Waals surface area contributed by atoms with Crippen LogP contribution in [0.15, 0.2) is 54.7 Å². The molecule has 0 unspecified atom stereocenters. The SMILES string of the molecule is COc1cccc([C@@H]2C[C@@H](C(F)(F)F)n3ncc(C(=O)NCc4ccc(Cl)cc4)c3N2)c1. The van der Waals surface area contributed by atoms with E-state index in [1.165, 1.54) is 7.11 Å². The number of halogens is 4. The average Bonchev–Trinajstić information content (AvgIpc) is 3.21. The van der Waals surface area contributed by atoms with Gasteiger partial charge in [-0.3, -0.25) is 4.79 Å². The lowest BCUT2D eigenvalue weighted by molar-refractivity contribution is -0.173. The van der Waals surface area contributed by atoms with E-state index in [9.17, 15) is 18.0 Å². The molecule has 0 bridgehead atoms. The van der Waals surface area contributed by atoms with Gasteiger partial charge in [0.25, 0.3) is 5.91 Å². The Morgan fingerprint density at radius 2 is 2.03 bits per heavy atom. The summed E-state index contributed by atoms with van der Waals surface area (Å²) in [4.78, 5) is 12.8. The fourth-order valence-electron chi connectivity index (χ4n) is 3.69. The maximum Gasteiger partial charge on any atom is 0.410 e. The number of hydrogen-bond donors (Lipinski definition) is 2. The molecule has 168 valence electrons. The molecule has 0 radical (unpaired) electrons. The molecule has 0 aliphatic carbocycles. The van der Waals surface area contributed by atoms with Crippen molar-refractivity contribution in [3.05, 3.63) is 76.4 Å². The standard InChI is InChI=1S/C22H20ClF3N4O2/c1-32-16-4-2-3-14(9-16)18-10-19(22(24,25)26)30-20(29-18)17(12-28-30)21(31)27-11-13-5-7-15(23)8-6-13/h2-9,12,18-19,29H,10-11H2,1H3,(H,27,31)/t18-,19-/m0/s1. The number of nitrogens with one attached hydrogen (secondary N) is 2. The third-order valence-corrected chi connectivity index (χ3v) is 5.60. The molecule has 2 N–H and O–H groups in total. The Hall–Kier alpha value is -3.20. The van der Waals surface area contributed by atoms with Gasteiger partial charge in [-0.15, -0.1) is 0 Å². The van der Waals surface area contributed by atoms with Crippen molar-refractivity contribution in [1.29, 1.82) is 0 Å². The van der Waals surface area contributed by atoms with Crippen LogP contribution in [0, 0.1) is 0 Å². The molecule has 1 aliphatic heterocycles. The Morgan fingerprint density at radius 3 is 2.72 bits per heavy atom. The Morgan fingerprint density at radius 1 is 1.28 bits per heavy atom. The van der Waals surface area contributed by atoms with E-state index in [1.54, 1.807) is 48.5 Å². The molecule has 0 fully saturated rings. The van der Waals surface area contributed by atoms with E-state index in [0.717, 1.165) is 16.4 Å². The second kappa shape index (κ2) is 8.74. The third-order valence-electron chi connectivity index (χ3n) is 5.35. The van der Waals surface area contributed by atoms with Crippen molar-refractivity contribution in [1.82, 2.24) is 15.1 Å². The van der Waals surface area contributed by atoms with E-state index >= 15 is 0 Å². The highest BCUT2D eigenvalue weighted by molar-refractivity contribution is 6.30. The van der Waals surface area contributed by atoms with Gasteiger partial charge in [0.2, 0.25) is 0 Å². The number of nitrogens with zero attached hydrogens (tertiary/aromatic N) is 2. The summed E-state index contributed by atoms with van der Waals surface area (Å²) >= 11 is 5.86. The lowest BCUT2D eigenvalue weighted by Gasteiger charge is -2.34. The van der Waals surface area contributed by atoms with Crippen LogP contribution >= 0.6 is 11.6 Å². The number of anilines is 1. The molecule has 3 aromatic rings. The second-order valence-corrected chi connectivity index (χ2v) is 7.86. The number of carbonyl (C=O) groups excluding carboxylic acids is 1. The number of benzene rings is 2. The number of rotatable bonds is 5. The first-order chi connectivity index (χ1) is 15.3. The van der Waals surface area contributed by atoms with Crippen LogP contribution < -0.4 is 15.4 Å². The lowest BCUT2D eigenvalue weighted by Crippen LogP contribution is -2.36. The van der Waals surface area contributed by atoms with Crippen molar-refractivity contribution >= 4 is 23.3 Å². The van der Waals surface area contributed by atoms with Crippen LogP contribution in [0.4, 0.5) is 19.0 Å². The molecule has 4 rings (SSSR count). The summed E-state index contributed by atoms with van der Waals surface area (Å²) in [6, 6.07) is 11.2. The maximum atomic E-state index is 13.8. The van der Waals surface area contributed by atoms with Crippen molar-refractivity contribution in [2.75, 3.05) is 12.4 Å². The van der Waals surface area contributed by atoms with E-state index in [-0.39, 0.29) is 24.3 Å². The van der Waals surface area contributed by atoms with E-state index in [4.69, 9.17) is 16.3 Å². The molecule has 2 aromatic carbocycles. The Labute approximate surface area is 187 Å². The molecular weight excluding hydrogens is 445 g/mol.